The zero-order chi connectivity index (χ0) is 16.3. The minimum absolute atomic E-state index is 0.575. The number of aryl methyl sites for hydroxylation is 4. The van der Waals surface area contributed by atoms with Crippen molar-refractivity contribution in [1.82, 2.24) is 9.97 Å². The molecule has 0 aliphatic carbocycles. The van der Waals surface area contributed by atoms with Crippen LogP contribution < -0.4 is 0 Å². The van der Waals surface area contributed by atoms with E-state index in [-0.39, 0.29) is 0 Å². The highest BCUT2D eigenvalue weighted by Gasteiger charge is 2.14. The molecule has 2 heterocycles. The van der Waals surface area contributed by atoms with E-state index in [1.165, 1.54) is 21.6 Å². The van der Waals surface area contributed by atoms with Crippen molar-refractivity contribution in [2.45, 2.75) is 37.7 Å². The average molecular weight is 326 g/mol. The summed E-state index contributed by atoms with van der Waals surface area (Å²) in [6, 6.07) is 8.18. The molecule has 0 bridgehead atoms. The highest BCUT2D eigenvalue weighted by Crippen LogP contribution is 2.39. The molecule has 2 rings (SSSR count). The molecule has 0 spiro atoms. The Morgan fingerprint density at radius 1 is 0.773 bits per heavy atom. The van der Waals surface area contributed by atoms with Gasteiger partial charge in [-0.1, -0.05) is 0 Å². The van der Waals surface area contributed by atoms with Gasteiger partial charge < -0.3 is 0 Å². The lowest BCUT2D eigenvalue weighted by molar-refractivity contribution is 1.03. The van der Waals surface area contributed by atoms with E-state index in [4.69, 9.17) is 0 Å². The van der Waals surface area contributed by atoms with Crippen LogP contribution in [0.15, 0.2) is 22.2 Å². The Morgan fingerprint density at radius 2 is 1.14 bits per heavy atom. The summed E-state index contributed by atoms with van der Waals surface area (Å²) < 4.78 is 0. The Morgan fingerprint density at radius 3 is 1.45 bits per heavy atom. The van der Waals surface area contributed by atoms with Crippen molar-refractivity contribution >= 4 is 21.6 Å². The lowest BCUT2D eigenvalue weighted by atomic mass is 10.1. The van der Waals surface area contributed by atoms with Crippen molar-refractivity contribution in [3.8, 4) is 12.1 Å². The van der Waals surface area contributed by atoms with E-state index in [1.54, 1.807) is 0 Å². The van der Waals surface area contributed by atoms with Crippen LogP contribution in [0.4, 0.5) is 0 Å². The first kappa shape index (κ1) is 16.4. The Balaban J connectivity index is 2.37. The third-order valence-corrected chi connectivity index (χ3v) is 5.23. The van der Waals surface area contributed by atoms with Gasteiger partial charge in [-0.15, -0.1) is 0 Å². The van der Waals surface area contributed by atoms with Crippen molar-refractivity contribution in [2.24, 2.45) is 0 Å². The predicted molar refractivity (Wildman–Crippen MR) is 88.6 cm³/mol. The predicted octanol–water partition coefficient (Wildman–Crippen LogP) is 4.25. The number of hydrogen-bond acceptors (Lipinski definition) is 6. The molecule has 0 unspecified atom stereocenters. The second kappa shape index (κ2) is 6.83. The van der Waals surface area contributed by atoms with Gasteiger partial charge in [0.25, 0.3) is 0 Å². The molecule has 4 nitrogen and oxygen atoms in total. The molecule has 0 N–H and O–H groups in total. The maximum Gasteiger partial charge on any atom is 0.125 e. The molecule has 110 valence electrons. The summed E-state index contributed by atoms with van der Waals surface area (Å²) in [7, 11) is 2.74. The van der Waals surface area contributed by atoms with Crippen molar-refractivity contribution < 1.29 is 0 Å². The summed E-state index contributed by atoms with van der Waals surface area (Å²) in [5, 5.41) is 19.9. The van der Waals surface area contributed by atoms with Crippen LogP contribution in [-0.4, -0.2) is 9.97 Å². The molecule has 22 heavy (non-hydrogen) atoms. The molecule has 0 atom stereocenters. The van der Waals surface area contributed by atoms with Crippen LogP contribution >= 0.6 is 21.6 Å². The number of nitriles is 2. The fraction of sp³-hybridized carbons (Fsp3) is 0.250. The molecular weight excluding hydrogens is 312 g/mol. The summed E-state index contributed by atoms with van der Waals surface area (Å²) in [4.78, 5) is 8.86. The molecular formula is C16H14N4S2. The van der Waals surface area contributed by atoms with Crippen molar-refractivity contribution in [3.05, 3.63) is 45.8 Å². The van der Waals surface area contributed by atoms with Gasteiger partial charge in [0.05, 0.1) is 11.1 Å². The fourth-order valence-corrected chi connectivity index (χ4v) is 4.37. The summed E-state index contributed by atoms with van der Waals surface area (Å²) >= 11 is 0. The number of nitrogens with zero attached hydrogens (tertiary/aromatic N) is 4. The topological polar surface area (TPSA) is 73.4 Å². The third-order valence-electron chi connectivity index (χ3n) is 3.05. The van der Waals surface area contributed by atoms with Crippen LogP contribution in [0.25, 0.3) is 0 Å². The van der Waals surface area contributed by atoms with Gasteiger partial charge in [-0.3, -0.25) is 0 Å². The summed E-state index contributed by atoms with van der Waals surface area (Å²) in [5.41, 5.74) is 4.71. The summed E-state index contributed by atoms with van der Waals surface area (Å²) in [5.74, 6) is 0. The fourth-order valence-electron chi connectivity index (χ4n) is 2.08. The van der Waals surface area contributed by atoms with Crippen LogP contribution in [0.5, 0.6) is 0 Å². The van der Waals surface area contributed by atoms with E-state index >= 15 is 0 Å². The second-order valence-corrected chi connectivity index (χ2v) is 7.02. The van der Waals surface area contributed by atoms with Crippen LogP contribution in [0.1, 0.15) is 33.6 Å². The smallest absolute Gasteiger partial charge is 0.125 e. The Labute approximate surface area is 138 Å². The molecule has 0 amide bonds. The van der Waals surface area contributed by atoms with Crippen LogP contribution in [-0.2, 0) is 0 Å². The molecule has 2 aromatic heterocycles. The minimum Gasteiger partial charge on any atom is -0.245 e. The number of aromatic nitrogens is 2. The van der Waals surface area contributed by atoms with Crippen LogP contribution in [0, 0.1) is 50.4 Å². The SMILES string of the molecule is Cc1cc(C)c(C#N)c(SSc2nc(C)cc(C)c2C#N)n1. The molecule has 0 aliphatic heterocycles. The van der Waals surface area contributed by atoms with Gasteiger partial charge in [-0.2, -0.15) is 10.5 Å². The van der Waals surface area contributed by atoms with E-state index < -0.39 is 0 Å². The number of hydrogen-bond donors (Lipinski definition) is 0. The van der Waals surface area contributed by atoms with Crippen molar-refractivity contribution in [1.29, 1.82) is 10.5 Å². The quantitative estimate of drug-likeness (QED) is 0.785. The molecule has 2 aromatic rings. The van der Waals surface area contributed by atoms with E-state index in [1.807, 2.05) is 39.8 Å². The highest BCUT2D eigenvalue weighted by molar-refractivity contribution is 8.76. The zero-order valence-electron chi connectivity index (χ0n) is 12.8. The van der Waals surface area contributed by atoms with Crippen LogP contribution in [0.2, 0.25) is 0 Å². The van der Waals surface area contributed by atoms with E-state index in [9.17, 15) is 10.5 Å². The van der Waals surface area contributed by atoms with Gasteiger partial charge in [0.1, 0.15) is 22.2 Å². The van der Waals surface area contributed by atoms with Gasteiger partial charge in [0, 0.05) is 11.4 Å². The maximum atomic E-state index is 9.30. The Hall–Kier alpha value is -2.02. The largest absolute Gasteiger partial charge is 0.245 e. The van der Waals surface area contributed by atoms with Gasteiger partial charge in [-0.05, 0) is 72.5 Å². The van der Waals surface area contributed by atoms with Gasteiger partial charge >= 0.3 is 0 Å². The van der Waals surface area contributed by atoms with Crippen molar-refractivity contribution in [2.75, 3.05) is 0 Å². The third kappa shape index (κ3) is 3.41. The van der Waals surface area contributed by atoms with E-state index in [0.29, 0.717) is 21.2 Å². The lowest BCUT2D eigenvalue weighted by Gasteiger charge is -2.08. The zero-order valence-corrected chi connectivity index (χ0v) is 14.4. The van der Waals surface area contributed by atoms with E-state index in [2.05, 4.69) is 22.1 Å². The summed E-state index contributed by atoms with van der Waals surface area (Å²) in [6.07, 6.45) is 0. The monoisotopic (exact) mass is 326 g/mol. The molecule has 0 saturated heterocycles. The minimum atomic E-state index is 0.575. The van der Waals surface area contributed by atoms with E-state index in [0.717, 1.165) is 22.5 Å². The first-order chi connectivity index (χ1) is 10.5. The molecule has 0 aliphatic rings. The number of pyridine rings is 2. The van der Waals surface area contributed by atoms with Gasteiger partial charge in [0.2, 0.25) is 0 Å². The molecule has 0 saturated carbocycles. The molecule has 0 aromatic carbocycles. The number of rotatable bonds is 3. The van der Waals surface area contributed by atoms with Crippen LogP contribution in [0.3, 0.4) is 0 Å². The molecule has 0 radical (unpaired) electrons. The Bertz CT molecular complexity index is 747. The lowest BCUT2D eigenvalue weighted by Crippen LogP contribution is -1.95. The normalized spacial score (nSPS) is 10.1. The maximum absolute atomic E-state index is 9.30. The molecule has 6 heteroatoms. The highest BCUT2D eigenvalue weighted by atomic mass is 33.1. The standard InChI is InChI=1S/C16H14N4S2/c1-9-5-11(3)19-15(13(9)7-17)21-22-16-14(8-18)10(2)6-12(4)20-16/h5-6H,1-4H3. The first-order valence-electron chi connectivity index (χ1n) is 6.57. The summed E-state index contributed by atoms with van der Waals surface area (Å²) in [6.45, 7) is 7.60. The average Bonchev–Trinajstić information content (AvgIpc) is 2.44. The molecule has 0 fully saturated rings. The Kier molecular flexibility index (Phi) is 5.07. The first-order valence-corrected chi connectivity index (χ1v) is 8.72. The second-order valence-electron chi connectivity index (χ2n) is 4.91. The van der Waals surface area contributed by atoms with Crippen molar-refractivity contribution in [3.63, 3.8) is 0 Å². The van der Waals surface area contributed by atoms with Gasteiger partial charge in [-0.25, -0.2) is 9.97 Å². The van der Waals surface area contributed by atoms with Gasteiger partial charge in [0.15, 0.2) is 0 Å².